The molecule has 1 fully saturated rings. The maximum atomic E-state index is 2.46. The van der Waals surface area contributed by atoms with Gasteiger partial charge in [-0.25, -0.2) is 10.0 Å². The molecule has 0 radical (unpaired) electrons. The molecule has 1 aliphatic carbocycles. The Balaban J connectivity index is 2.85. The fraction of sp³-hybridized carbons (Fsp3) is 1.00. The fourth-order valence-corrected chi connectivity index (χ4v) is 5.56. The zero-order valence-corrected chi connectivity index (χ0v) is 9.64. The zero-order chi connectivity index (χ0) is 8.91. The van der Waals surface area contributed by atoms with Gasteiger partial charge in [0, 0.05) is 4.75 Å². The van der Waals surface area contributed by atoms with Crippen molar-refractivity contribution in [2.24, 2.45) is 5.41 Å². The van der Waals surface area contributed by atoms with Gasteiger partial charge < -0.3 is 0 Å². The molecule has 0 aromatic heterocycles. The molecule has 1 aliphatic rings. The van der Waals surface area contributed by atoms with Gasteiger partial charge in [0.05, 0.1) is 0 Å². The van der Waals surface area contributed by atoms with Gasteiger partial charge in [-0.05, 0) is 37.0 Å². The van der Waals surface area contributed by atoms with Crippen LogP contribution in [-0.2, 0) is 0 Å². The van der Waals surface area contributed by atoms with E-state index in [1.54, 1.807) is 0 Å². The molecule has 68 valence electrons. The Morgan fingerprint density at radius 3 is 1.36 bits per heavy atom. The molecule has 0 unspecified atom stereocenters. The Bertz CT molecular complexity index is 137. The Hall–Kier alpha value is 0.350. The van der Waals surface area contributed by atoms with Crippen LogP contribution in [-0.4, -0.2) is 23.5 Å². The van der Waals surface area contributed by atoms with Gasteiger partial charge in [0.15, 0.2) is 0 Å². The first-order valence-corrected chi connectivity index (χ1v) is 7.24. The highest BCUT2D eigenvalue weighted by Crippen LogP contribution is 2.71. The Morgan fingerprint density at radius 2 is 1.36 bits per heavy atom. The van der Waals surface area contributed by atoms with Crippen LogP contribution in [0.2, 0.25) is 0 Å². The third kappa shape index (κ3) is 1.32. The molecule has 1 saturated carbocycles. The maximum Gasteiger partial charge on any atom is 0.00449 e. The molecule has 0 aromatic carbocycles. The molecule has 0 saturated heterocycles. The van der Waals surface area contributed by atoms with Gasteiger partial charge >= 0.3 is 0 Å². The molecule has 1 heteroatoms. The second kappa shape index (κ2) is 2.18. The standard InChI is InChI=1S/C10H22S/c1-9(2,3)10(7-8-10)11(4,5)6/h7-8H2,1-6H3. The van der Waals surface area contributed by atoms with Crippen molar-refractivity contribution >= 4 is 10.0 Å². The van der Waals surface area contributed by atoms with Crippen LogP contribution in [0.15, 0.2) is 0 Å². The third-order valence-electron chi connectivity index (χ3n) is 3.24. The molecular formula is C10H22S. The topological polar surface area (TPSA) is 0 Å². The number of rotatable bonds is 1. The second-order valence-electron chi connectivity index (χ2n) is 5.58. The summed E-state index contributed by atoms with van der Waals surface area (Å²) < 4.78 is 0.708. The van der Waals surface area contributed by atoms with Crippen LogP contribution in [0.4, 0.5) is 0 Å². The van der Waals surface area contributed by atoms with Crippen molar-refractivity contribution in [2.45, 2.75) is 38.4 Å². The van der Waals surface area contributed by atoms with Crippen molar-refractivity contribution in [3.63, 3.8) is 0 Å². The summed E-state index contributed by atoms with van der Waals surface area (Å²) in [7, 11) is -0.349. The SMILES string of the molecule is CC(C)(C)C1(S(C)(C)C)CC1. The summed E-state index contributed by atoms with van der Waals surface area (Å²) in [5.41, 5.74) is 0.528. The van der Waals surface area contributed by atoms with Crippen LogP contribution < -0.4 is 0 Å². The summed E-state index contributed by atoms with van der Waals surface area (Å²) in [6.07, 6.45) is 10.3. The van der Waals surface area contributed by atoms with E-state index in [1.165, 1.54) is 12.8 Å². The van der Waals surface area contributed by atoms with Crippen molar-refractivity contribution in [3.8, 4) is 0 Å². The van der Waals surface area contributed by atoms with E-state index in [4.69, 9.17) is 0 Å². The van der Waals surface area contributed by atoms with Crippen molar-refractivity contribution in [1.82, 2.24) is 0 Å². The normalized spacial score (nSPS) is 24.9. The Kier molecular flexibility index (Phi) is 1.87. The minimum Gasteiger partial charge on any atom is -0.244 e. The molecule has 0 atom stereocenters. The summed E-state index contributed by atoms with van der Waals surface area (Å²) >= 11 is 0. The molecule has 0 heterocycles. The quantitative estimate of drug-likeness (QED) is 0.572. The lowest BCUT2D eigenvalue weighted by molar-refractivity contribution is 0.378. The van der Waals surface area contributed by atoms with Gasteiger partial charge in [0.25, 0.3) is 0 Å². The van der Waals surface area contributed by atoms with Gasteiger partial charge in [0.2, 0.25) is 0 Å². The summed E-state index contributed by atoms with van der Waals surface area (Å²) in [5, 5.41) is 0. The molecule has 1 rings (SSSR count). The van der Waals surface area contributed by atoms with E-state index in [0.717, 1.165) is 0 Å². The highest BCUT2D eigenvalue weighted by molar-refractivity contribution is 8.33. The highest BCUT2D eigenvalue weighted by atomic mass is 32.3. The van der Waals surface area contributed by atoms with Crippen molar-refractivity contribution < 1.29 is 0 Å². The predicted molar refractivity (Wildman–Crippen MR) is 56.8 cm³/mol. The first-order chi connectivity index (χ1) is 4.71. The lowest BCUT2D eigenvalue weighted by Gasteiger charge is -2.45. The lowest BCUT2D eigenvalue weighted by Crippen LogP contribution is -2.32. The summed E-state index contributed by atoms with van der Waals surface area (Å²) in [5.74, 6) is 0. The number of hydrogen-bond acceptors (Lipinski definition) is 0. The second-order valence-corrected chi connectivity index (χ2v) is 10.0. The van der Waals surface area contributed by atoms with Gasteiger partial charge in [0.1, 0.15) is 0 Å². The summed E-state index contributed by atoms with van der Waals surface area (Å²) in [6.45, 7) is 7.20. The van der Waals surface area contributed by atoms with E-state index >= 15 is 0 Å². The molecular weight excluding hydrogens is 152 g/mol. The van der Waals surface area contributed by atoms with Gasteiger partial charge in [-0.15, -0.1) is 0 Å². The summed E-state index contributed by atoms with van der Waals surface area (Å²) in [6, 6.07) is 0. The van der Waals surface area contributed by atoms with Crippen LogP contribution in [0.25, 0.3) is 0 Å². The van der Waals surface area contributed by atoms with Crippen molar-refractivity contribution in [1.29, 1.82) is 0 Å². The minimum atomic E-state index is -0.349. The first kappa shape index (κ1) is 9.44. The third-order valence-corrected chi connectivity index (χ3v) is 6.61. The van der Waals surface area contributed by atoms with E-state index in [9.17, 15) is 0 Å². The summed E-state index contributed by atoms with van der Waals surface area (Å²) in [4.78, 5) is 0. The van der Waals surface area contributed by atoms with Crippen LogP contribution in [0.1, 0.15) is 33.6 Å². The monoisotopic (exact) mass is 174 g/mol. The predicted octanol–water partition coefficient (Wildman–Crippen LogP) is 3.26. The lowest BCUT2D eigenvalue weighted by atomic mass is 9.89. The number of hydrogen-bond donors (Lipinski definition) is 0. The Morgan fingerprint density at radius 1 is 1.00 bits per heavy atom. The van der Waals surface area contributed by atoms with Crippen LogP contribution in [0, 0.1) is 5.41 Å². The molecule has 0 aliphatic heterocycles. The highest BCUT2D eigenvalue weighted by Gasteiger charge is 2.56. The van der Waals surface area contributed by atoms with E-state index < -0.39 is 0 Å². The minimum absolute atomic E-state index is 0.349. The average Bonchev–Trinajstić information content (AvgIpc) is 2.31. The van der Waals surface area contributed by atoms with Crippen molar-refractivity contribution in [2.75, 3.05) is 18.8 Å². The van der Waals surface area contributed by atoms with Gasteiger partial charge in [-0.2, -0.15) is 0 Å². The van der Waals surface area contributed by atoms with E-state index in [1.807, 2.05) is 0 Å². The molecule has 0 bridgehead atoms. The van der Waals surface area contributed by atoms with Crippen LogP contribution in [0.5, 0.6) is 0 Å². The molecule has 0 spiro atoms. The molecule has 0 nitrogen and oxygen atoms in total. The van der Waals surface area contributed by atoms with Crippen LogP contribution >= 0.6 is 10.0 Å². The van der Waals surface area contributed by atoms with Crippen LogP contribution in [0.3, 0.4) is 0 Å². The van der Waals surface area contributed by atoms with Gasteiger partial charge in [-0.1, -0.05) is 20.8 Å². The smallest absolute Gasteiger partial charge is 0.00449 e. The van der Waals surface area contributed by atoms with E-state index in [2.05, 4.69) is 39.5 Å². The Labute approximate surface area is 73.1 Å². The fourth-order valence-electron chi connectivity index (χ4n) is 2.39. The largest absolute Gasteiger partial charge is 0.244 e. The average molecular weight is 174 g/mol. The van der Waals surface area contributed by atoms with E-state index in [0.29, 0.717) is 10.2 Å². The first-order valence-electron chi connectivity index (χ1n) is 4.39. The van der Waals surface area contributed by atoms with Gasteiger partial charge in [-0.3, -0.25) is 0 Å². The van der Waals surface area contributed by atoms with E-state index in [-0.39, 0.29) is 10.0 Å². The maximum absolute atomic E-state index is 2.46. The van der Waals surface area contributed by atoms with Crippen molar-refractivity contribution in [3.05, 3.63) is 0 Å². The zero-order valence-electron chi connectivity index (χ0n) is 8.82. The molecule has 0 amide bonds. The molecule has 0 N–H and O–H groups in total. The molecule has 11 heavy (non-hydrogen) atoms. The molecule has 0 aromatic rings.